The van der Waals surface area contributed by atoms with Gasteiger partial charge in [0, 0.05) is 22.3 Å². The number of urea groups is 1. The first-order valence-corrected chi connectivity index (χ1v) is 16.2. The minimum Gasteiger partial charge on any atom is -0.406 e. The number of benzene rings is 3. The summed E-state index contributed by atoms with van der Waals surface area (Å²) in [4.78, 5) is 22.8. The van der Waals surface area contributed by atoms with Gasteiger partial charge in [-0.25, -0.2) is 14.5 Å². The van der Waals surface area contributed by atoms with Gasteiger partial charge in [0.15, 0.2) is 10.6 Å². The molecule has 0 atom stereocenters. The van der Waals surface area contributed by atoms with Crippen LogP contribution in [0.25, 0.3) is 28.3 Å². The molecule has 0 radical (unpaired) electrons. The maximum atomic E-state index is 13.3. The summed E-state index contributed by atoms with van der Waals surface area (Å²) in [6.07, 6.45) is 1.21. The first-order valence-electron chi connectivity index (χ1n) is 15.3. The Balaban J connectivity index is 1.19. The van der Waals surface area contributed by atoms with Crippen LogP contribution in [-0.2, 0) is 6.42 Å². The molecule has 8 nitrogen and oxygen atoms in total. The van der Waals surface area contributed by atoms with Gasteiger partial charge in [-0.3, -0.25) is 4.57 Å². The highest BCUT2D eigenvalue weighted by molar-refractivity contribution is 7.07. The predicted molar refractivity (Wildman–Crippen MR) is 175 cm³/mol. The number of ether oxygens (including phenoxy) is 1. The Morgan fingerprint density at radius 2 is 1.77 bits per heavy atom. The van der Waals surface area contributed by atoms with Crippen LogP contribution in [0.2, 0.25) is 0 Å². The van der Waals surface area contributed by atoms with Crippen molar-refractivity contribution in [1.29, 1.82) is 0 Å². The summed E-state index contributed by atoms with van der Waals surface area (Å²) >= 11 is 1.45. The molecule has 0 saturated heterocycles. The van der Waals surface area contributed by atoms with E-state index in [1.807, 2.05) is 36.6 Å². The van der Waals surface area contributed by atoms with Crippen molar-refractivity contribution < 1.29 is 22.7 Å². The number of carbonyl (C=O) groups is 1. The van der Waals surface area contributed by atoms with Crippen molar-refractivity contribution in [1.82, 2.24) is 24.6 Å². The molecule has 2 aromatic heterocycles. The molecule has 2 heterocycles. The smallest absolute Gasteiger partial charge is 0.406 e. The number of carbonyl (C=O) groups excluding carboxylic acids is 1. The molecule has 12 heteroatoms. The molecule has 1 aliphatic carbocycles. The van der Waals surface area contributed by atoms with E-state index < -0.39 is 12.4 Å². The molecule has 5 aromatic rings. The van der Waals surface area contributed by atoms with Crippen LogP contribution in [-0.4, -0.2) is 31.7 Å². The number of alkyl halides is 3. The standard InChI is InChI=1S/C35H33F3N6O2S/c1-4-6-25-10-9-22(2)19-31(25)44-23(3)20-47-34(44)41-33(45)40-30-8-5-7-29(30)24-11-13-26(14-12-24)32-39-21-43(42-32)27-15-17-28(18-16-27)46-35(36,37)38/h9-21H,4-8H2,1-3H3,(H,40,45)/b41-34-. The third-order valence-electron chi connectivity index (χ3n) is 7.87. The minimum atomic E-state index is -4.75. The third kappa shape index (κ3) is 7.38. The Morgan fingerprint density at radius 3 is 2.49 bits per heavy atom. The van der Waals surface area contributed by atoms with Crippen LogP contribution in [0.15, 0.2) is 89.1 Å². The van der Waals surface area contributed by atoms with Gasteiger partial charge in [0.05, 0.1) is 11.4 Å². The summed E-state index contributed by atoms with van der Waals surface area (Å²) < 4.78 is 44.9. The van der Waals surface area contributed by atoms with Gasteiger partial charge in [-0.2, -0.15) is 4.99 Å². The second-order valence-corrected chi connectivity index (χ2v) is 12.2. The topological polar surface area (TPSA) is 86.3 Å². The number of hydrogen-bond donors (Lipinski definition) is 1. The maximum Gasteiger partial charge on any atom is 0.573 e. The van der Waals surface area contributed by atoms with Crippen LogP contribution in [0.1, 0.15) is 55.0 Å². The van der Waals surface area contributed by atoms with E-state index in [9.17, 15) is 18.0 Å². The highest BCUT2D eigenvalue weighted by Gasteiger charge is 2.31. The van der Waals surface area contributed by atoms with Gasteiger partial charge in [0.2, 0.25) is 0 Å². The van der Waals surface area contributed by atoms with Crippen molar-refractivity contribution in [3.8, 4) is 28.5 Å². The van der Waals surface area contributed by atoms with Gasteiger partial charge in [-0.1, -0.05) is 49.7 Å². The molecule has 0 unspecified atom stereocenters. The first kappa shape index (κ1) is 32.0. The fourth-order valence-electron chi connectivity index (χ4n) is 5.71. The Labute approximate surface area is 273 Å². The van der Waals surface area contributed by atoms with Crippen LogP contribution >= 0.6 is 11.3 Å². The average Bonchev–Trinajstić information content (AvgIpc) is 3.79. The molecule has 1 aliphatic rings. The van der Waals surface area contributed by atoms with Crippen LogP contribution in [0.4, 0.5) is 18.0 Å². The highest BCUT2D eigenvalue weighted by atomic mass is 32.1. The molecule has 2 amide bonds. The molecule has 0 aliphatic heterocycles. The van der Waals surface area contributed by atoms with E-state index in [4.69, 9.17) is 0 Å². The summed E-state index contributed by atoms with van der Waals surface area (Å²) in [5.74, 6) is 0.159. The van der Waals surface area contributed by atoms with Crippen molar-refractivity contribution in [3.63, 3.8) is 0 Å². The number of aryl methyl sites for hydroxylation is 3. The Bertz CT molecular complexity index is 2000. The van der Waals surface area contributed by atoms with Gasteiger partial charge in [-0.05, 0) is 92.1 Å². The fraction of sp³-hybridized carbons (Fsp3) is 0.257. The summed E-state index contributed by atoms with van der Waals surface area (Å²) in [5.41, 5.74) is 8.71. The Hall–Kier alpha value is -4.97. The van der Waals surface area contributed by atoms with E-state index in [2.05, 4.69) is 61.7 Å². The number of hydrogen-bond acceptors (Lipinski definition) is 5. The molecule has 1 N–H and O–H groups in total. The monoisotopic (exact) mass is 658 g/mol. The normalized spacial score (nSPS) is 13.8. The van der Waals surface area contributed by atoms with E-state index in [-0.39, 0.29) is 5.75 Å². The van der Waals surface area contributed by atoms with Crippen molar-refractivity contribution in [2.75, 3.05) is 0 Å². The number of aromatic nitrogens is 4. The highest BCUT2D eigenvalue weighted by Crippen LogP contribution is 2.33. The minimum absolute atomic E-state index is 0.309. The second-order valence-electron chi connectivity index (χ2n) is 11.4. The van der Waals surface area contributed by atoms with Gasteiger partial charge in [0.1, 0.15) is 12.1 Å². The zero-order valence-electron chi connectivity index (χ0n) is 26.1. The molecule has 3 aromatic carbocycles. The van der Waals surface area contributed by atoms with Crippen LogP contribution in [0.3, 0.4) is 0 Å². The zero-order valence-corrected chi connectivity index (χ0v) is 27.0. The number of allylic oxidation sites excluding steroid dienone is 2. The largest absolute Gasteiger partial charge is 0.573 e. The summed E-state index contributed by atoms with van der Waals surface area (Å²) in [6, 6.07) is 19.2. The molecule has 47 heavy (non-hydrogen) atoms. The lowest BCUT2D eigenvalue weighted by Crippen LogP contribution is -2.24. The fourth-order valence-corrected chi connectivity index (χ4v) is 6.58. The van der Waals surface area contributed by atoms with E-state index in [1.165, 1.54) is 52.2 Å². The van der Waals surface area contributed by atoms with E-state index >= 15 is 0 Å². The molecule has 0 fully saturated rings. The maximum absolute atomic E-state index is 13.3. The molecular formula is C35H33F3N6O2S. The molecule has 6 rings (SSSR count). The van der Waals surface area contributed by atoms with Crippen LogP contribution in [0, 0.1) is 13.8 Å². The van der Waals surface area contributed by atoms with Crippen LogP contribution in [0.5, 0.6) is 5.75 Å². The van der Waals surface area contributed by atoms with E-state index in [0.717, 1.165) is 71.4 Å². The first-order chi connectivity index (χ1) is 22.6. The number of thiazole rings is 1. The van der Waals surface area contributed by atoms with Crippen molar-refractivity contribution in [2.45, 2.75) is 59.2 Å². The predicted octanol–water partition coefficient (Wildman–Crippen LogP) is 8.46. The molecule has 0 spiro atoms. The Kier molecular flexibility index (Phi) is 9.12. The van der Waals surface area contributed by atoms with Gasteiger partial charge in [0.25, 0.3) is 0 Å². The van der Waals surface area contributed by atoms with Gasteiger partial charge >= 0.3 is 12.4 Å². The summed E-state index contributed by atoms with van der Waals surface area (Å²) in [6.45, 7) is 6.25. The number of rotatable bonds is 8. The second kappa shape index (κ2) is 13.4. The van der Waals surface area contributed by atoms with E-state index in [1.54, 1.807) is 0 Å². The third-order valence-corrected chi connectivity index (χ3v) is 8.81. The van der Waals surface area contributed by atoms with E-state index in [0.29, 0.717) is 16.3 Å². The van der Waals surface area contributed by atoms with Crippen molar-refractivity contribution in [3.05, 3.63) is 111 Å². The molecule has 0 saturated carbocycles. The molecular weight excluding hydrogens is 625 g/mol. The number of nitrogens with zero attached hydrogens (tertiary/aromatic N) is 5. The average molecular weight is 659 g/mol. The lowest BCUT2D eigenvalue weighted by Gasteiger charge is -2.13. The number of nitrogens with one attached hydrogen (secondary N) is 1. The summed E-state index contributed by atoms with van der Waals surface area (Å²) in [5, 5.41) is 9.58. The van der Waals surface area contributed by atoms with Crippen LogP contribution < -0.4 is 14.9 Å². The number of amides is 2. The lowest BCUT2D eigenvalue weighted by molar-refractivity contribution is -0.274. The lowest BCUT2D eigenvalue weighted by atomic mass is 10.0. The van der Waals surface area contributed by atoms with Crippen molar-refractivity contribution in [2.24, 2.45) is 4.99 Å². The van der Waals surface area contributed by atoms with Gasteiger partial charge in [-0.15, -0.1) is 29.6 Å². The Morgan fingerprint density at radius 1 is 1.02 bits per heavy atom. The zero-order chi connectivity index (χ0) is 33.1. The SMILES string of the molecule is CCCc1ccc(C)cc1-n1c(C)cs/c1=N\C(=O)NC1=C(c2ccc(-c3ncn(-c4ccc(OC(F)(F)F)cc4)n3)cc2)CCC1. The molecule has 0 bridgehead atoms. The number of halogens is 3. The summed E-state index contributed by atoms with van der Waals surface area (Å²) in [7, 11) is 0. The quantitative estimate of drug-likeness (QED) is 0.181. The van der Waals surface area contributed by atoms with Crippen molar-refractivity contribution >= 4 is 22.9 Å². The molecule has 242 valence electrons. The van der Waals surface area contributed by atoms with Gasteiger partial charge < -0.3 is 10.1 Å².